The fraction of sp³-hybridized carbons (Fsp3) is 0.188. The third-order valence-corrected chi connectivity index (χ3v) is 2.83. The van der Waals surface area contributed by atoms with Crippen molar-refractivity contribution >= 4 is 28.9 Å². The normalized spacial score (nSPS) is 10.3. The maximum atomic E-state index is 10.1. The molecule has 2 rings (SSSR count). The van der Waals surface area contributed by atoms with E-state index in [0.29, 0.717) is 11.7 Å². The molecule has 5 heteroatoms. The number of rotatable bonds is 3. The van der Waals surface area contributed by atoms with Gasteiger partial charge in [0.25, 0.3) is 0 Å². The van der Waals surface area contributed by atoms with Crippen molar-refractivity contribution in [2.24, 2.45) is 4.99 Å². The Morgan fingerprint density at radius 2 is 1.67 bits per heavy atom. The van der Waals surface area contributed by atoms with Crippen molar-refractivity contribution in [2.75, 3.05) is 0 Å². The Labute approximate surface area is 144 Å². The second-order valence-corrected chi connectivity index (χ2v) is 8.34. The van der Waals surface area contributed by atoms with Crippen LogP contribution in [0.2, 0.25) is 0 Å². The van der Waals surface area contributed by atoms with E-state index in [1.165, 1.54) is 0 Å². The standard InChI is InChI=1S/C16H17NO.2ClH.Zr/c1-12(2)15-10-6-7-13(16(15)18)11-17-14-8-4-3-5-9-14;;;/h3-12,18H,1-2H3;2*1H;/q;;;+2/p-2. The number of nitrogens with zero attached hydrogens (tertiary/aromatic N) is 1. The van der Waals surface area contributed by atoms with E-state index in [9.17, 15) is 5.11 Å². The van der Waals surface area contributed by atoms with Crippen molar-refractivity contribution in [3.05, 3.63) is 59.7 Å². The molecule has 0 aliphatic carbocycles. The molecule has 0 saturated heterocycles. The molecule has 0 aromatic heterocycles. The number of phenols is 1. The molecule has 0 amide bonds. The summed E-state index contributed by atoms with van der Waals surface area (Å²) in [5, 5.41) is 10.1. The van der Waals surface area contributed by atoms with Crippen LogP contribution in [-0.4, -0.2) is 11.3 Å². The Morgan fingerprint density at radius 1 is 1.05 bits per heavy atom. The van der Waals surface area contributed by atoms with Crippen molar-refractivity contribution in [3.8, 4) is 5.75 Å². The summed E-state index contributed by atoms with van der Waals surface area (Å²) < 4.78 is 0. The molecule has 0 aliphatic heterocycles. The molecule has 21 heavy (non-hydrogen) atoms. The van der Waals surface area contributed by atoms with Gasteiger partial charge < -0.3 is 5.11 Å². The van der Waals surface area contributed by atoms with Crippen molar-refractivity contribution in [1.82, 2.24) is 0 Å². The Morgan fingerprint density at radius 3 is 2.24 bits per heavy atom. The molecular weight excluding hydrogens is 384 g/mol. The first-order valence-corrected chi connectivity index (χ1v) is 12.8. The SMILES string of the molecule is CC(C)c1cccc(C=Nc2ccccc2)c1O.[Cl][Zr][Cl]. The molecule has 0 spiro atoms. The van der Waals surface area contributed by atoms with Gasteiger partial charge in [-0.25, -0.2) is 0 Å². The van der Waals surface area contributed by atoms with Crippen LogP contribution in [0.4, 0.5) is 5.69 Å². The van der Waals surface area contributed by atoms with Crippen LogP contribution in [-0.2, 0) is 20.8 Å². The molecule has 2 aromatic rings. The Kier molecular flexibility index (Phi) is 8.91. The average Bonchev–Trinajstić information content (AvgIpc) is 2.48. The second kappa shape index (κ2) is 10.2. The van der Waals surface area contributed by atoms with Crippen molar-refractivity contribution in [3.63, 3.8) is 0 Å². The molecule has 2 nitrogen and oxygen atoms in total. The zero-order valence-corrected chi connectivity index (χ0v) is 15.9. The molecule has 0 heterocycles. The zero-order valence-electron chi connectivity index (χ0n) is 11.9. The van der Waals surface area contributed by atoms with Gasteiger partial charge in [-0.3, -0.25) is 4.99 Å². The predicted molar refractivity (Wildman–Crippen MR) is 87.6 cm³/mol. The summed E-state index contributed by atoms with van der Waals surface area (Å²) in [5.74, 6) is 0.627. The van der Waals surface area contributed by atoms with Crippen LogP contribution in [0.5, 0.6) is 5.75 Å². The molecule has 0 radical (unpaired) electrons. The zero-order chi connectivity index (χ0) is 15.7. The molecule has 0 aliphatic rings. The van der Waals surface area contributed by atoms with Crippen molar-refractivity contribution in [1.29, 1.82) is 0 Å². The number of benzene rings is 2. The number of aromatic hydroxyl groups is 1. The van der Waals surface area contributed by atoms with Crippen molar-refractivity contribution in [2.45, 2.75) is 19.8 Å². The van der Waals surface area contributed by atoms with E-state index in [-0.39, 0.29) is 0 Å². The van der Waals surface area contributed by atoms with Gasteiger partial charge in [0.1, 0.15) is 5.75 Å². The summed E-state index contributed by atoms with van der Waals surface area (Å²) in [5.41, 5.74) is 2.59. The summed E-state index contributed by atoms with van der Waals surface area (Å²) in [7, 11) is 9.87. The van der Waals surface area contributed by atoms with E-state index >= 15 is 0 Å². The van der Waals surface area contributed by atoms with Gasteiger partial charge >= 0.3 is 37.9 Å². The van der Waals surface area contributed by atoms with Gasteiger partial charge in [0.15, 0.2) is 0 Å². The van der Waals surface area contributed by atoms with E-state index < -0.39 is 20.8 Å². The first kappa shape index (κ1) is 18.4. The van der Waals surface area contributed by atoms with Crippen molar-refractivity contribution < 1.29 is 26.0 Å². The summed E-state index contributed by atoms with van der Waals surface area (Å²) >= 11 is -0.826. The third-order valence-electron chi connectivity index (χ3n) is 2.83. The Hall–Kier alpha value is -0.627. The van der Waals surface area contributed by atoms with Crippen LogP contribution in [0.25, 0.3) is 0 Å². The number of para-hydroxylation sites is 2. The quantitative estimate of drug-likeness (QED) is 0.663. The topological polar surface area (TPSA) is 32.6 Å². The predicted octanol–water partition coefficient (Wildman–Crippen LogP) is 5.64. The van der Waals surface area contributed by atoms with Crippen LogP contribution >= 0.6 is 17.0 Å². The van der Waals surface area contributed by atoms with Gasteiger partial charge in [-0.1, -0.05) is 44.2 Å². The molecule has 0 saturated carbocycles. The molecule has 0 atom stereocenters. The summed E-state index contributed by atoms with van der Waals surface area (Å²) in [4.78, 5) is 4.35. The molecule has 0 unspecified atom stereocenters. The molecule has 2 aromatic carbocycles. The van der Waals surface area contributed by atoms with Crippen LogP contribution < -0.4 is 0 Å². The second-order valence-electron chi connectivity index (χ2n) is 4.60. The fourth-order valence-corrected chi connectivity index (χ4v) is 1.81. The Balaban J connectivity index is 0.000000677. The Bertz CT molecular complexity index is 574. The molecule has 0 fully saturated rings. The van der Waals surface area contributed by atoms with E-state index in [0.717, 1.165) is 16.8 Å². The first-order chi connectivity index (χ1) is 10.1. The van der Waals surface area contributed by atoms with Gasteiger partial charge in [-0.05, 0) is 29.7 Å². The third kappa shape index (κ3) is 6.34. The number of hydrogen-bond donors (Lipinski definition) is 1. The van der Waals surface area contributed by atoms with Gasteiger partial charge in [-0.15, -0.1) is 0 Å². The number of hydrogen-bond acceptors (Lipinski definition) is 2. The average molecular weight is 401 g/mol. The summed E-state index contributed by atoms with van der Waals surface area (Å²) in [6.45, 7) is 4.13. The number of halogens is 2. The van der Waals surface area contributed by atoms with E-state index in [1.54, 1.807) is 6.21 Å². The molecule has 0 bridgehead atoms. The summed E-state index contributed by atoms with van der Waals surface area (Å²) in [6, 6.07) is 15.5. The monoisotopic (exact) mass is 399 g/mol. The van der Waals surface area contributed by atoms with Gasteiger partial charge in [-0.2, -0.15) is 0 Å². The van der Waals surface area contributed by atoms with E-state index in [2.05, 4.69) is 18.8 Å². The molecule has 110 valence electrons. The van der Waals surface area contributed by atoms with Crippen LogP contribution in [0, 0.1) is 0 Å². The minimum absolute atomic E-state index is 0.301. The van der Waals surface area contributed by atoms with E-state index in [1.807, 2.05) is 48.5 Å². The molecule has 1 N–H and O–H groups in total. The summed E-state index contributed by atoms with van der Waals surface area (Å²) in [6.07, 6.45) is 1.70. The van der Waals surface area contributed by atoms with Gasteiger partial charge in [0.2, 0.25) is 0 Å². The first-order valence-electron chi connectivity index (χ1n) is 6.47. The fourth-order valence-electron chi connectivity index (χ4n) is 1.81. The van der Waals surface area contributed by atoms with Gasteiger partial charge in [0, 0.05) is 11.8 Å². The van der Waals surface area contributed by atoms with Crippen LogP contribution in [0.15, 0.2) is 53.5 Å². The van der Waals surface area contributed by atoms with Gasteiger partial charge in [0.05, 0.1) is 5.69 Å². The van der Waals surface area contributed by atoms with E-state index in [4.69, 9.17) is 17.0 Å². The number of aliphatic imine (C=N–C) groups is 1. The minimum atomic E-state index is -0.826. The maximum absolute atomic E-state index is 10.1. The van der Waals surface area contributed by atoms with Crippen LogP contribution in [0.3, 0.4) is 0 Å². The van der Waals surface area contributed by atoms with Crippen LogP contribution in [0.1, 0.15) is 30.9 Å². The molecular formula is C16H17Cl2NOZr. The number of phenolic OH excluding ortho intramolecular Hbond substituents is 1.